The van der Waals surface area contributed by atoms with Crippen LogP contribution in [0.2, 0.25) is 0 Å². The highest BCUT2D eigenvalue weighted by molar-refractivity contribution is 5.96. The van der Waals surface area contributed by atoms with Gasteiger partial charge in [0.1, 0.15) is 5.39 Å². The van der Waals surface area contributed by atoms with Crippen LogP contribution in [0.5, 0.6) is 5.75 Å². The zero-order valence-corrected chi connectivity index (χ0v) is 25.8. The molecule has 4 aromatic heterocycles. The fraction of sp³-hybridized carbons (Fsp3) is 0.333. The number of likely N-dealkylation sites (tertiary alicyclic amines) is 1. The van der Waals surface area contributed by atoms with Crippen molar-refractivity contribution in [3.63, 3.8) is 0 Å². The van der Waals surface area contributed by atoms with Gasteiger partial charge >= 0.3 is 6.09 Å². The van der Waals surface area contributed by atoms with Crippen LogP contribution in [-0.4, -0.2) is 79.1 Å². The number of hydrogen-bond donors (Lipinski definition) is 1. The number of allylic oxidation sites excluding steroid dienone is 2. The summed E-state index contributed by atoms with van der Waals surface area (Å²) in [5.74, 6) is 1.58. The van der Waals surface area contributed by atoms with Crippen molar-refractivity contribution in [2.45, 2.75) is 38.3 Å². The van der Waals surface area contributed by atoms with Gasteiger partial charge in [0, 0.05) is 54.7 Å². The van der Waals surface area contributed by atoms with Gasteiger partial charge in [-0.15, -0.1) is 0 Å². The Hall–Kier alpha value is -5.66. The van der Waals surface area contributed by atoms with Crippen LogP contribution in [0.15, 0.2) is 65.7 Å². The summed E-state index contributed by atoms with van der Waals surface area (Å²) in [6.07, 6.45) is 10.5. The highest BCUT2D eigenvalue weighted by atomic mass is 16.5. The Morgan fingerprint density at radius 3 is 2.77 bits per heavy atom. The molecule has 0 unspecified atom stereocenters. The summed E-state index contributed by atoms with van der Waals surface area (Å²) in [6, 6.07) is 12.0. The number of aromatic nitrogens is 6. The second kappa shape index (κ2) is 11.6. The van der Waals surface area contributed by atoms with Crippen LogP contribution in [0.4, 0.5) is 22.2 Å². The average Bonchev–Trinajstić information content (AvgIpc) is 3.63. The van der Waals surface area contributed by atoms with E-state index < -0.39 is 0 Å². The number of amides is 2. The molecule has 240 valence electrons. The molecule has 8 rings (SSSR count). The van der Waals surface area contributed by atoms with Crippen molar-refractivity contribution in [2.75, 3.05) is 43.6 Å². The Morgan fingerprint density at radius 1 is 1.04 bits per heavy atom. The van der Waals surface area contributed by atoms with Crippen LogP contribution < -0.4 is 20.5 Å². The summed E-state index contributed by atoms with van der Waals surface area (Å²) in [7, 11) is 1.41. The van der Waals surface area contributed by atoms with Gasteiger partial charge in [-0.25, -0.2) is 24.1 Å². The minimum absolute atomic E-state index is 0.0316. The van der Waals surface area contributed by atoms with Gasteiger partial charge in [-0.2, -0.15) is 4.98 Å². The SMILES string of the molecule is COC(=O)N1CCC(n2ccc3cc(Nc4ncc5c(=O)n6n(c5n4)-c4ccc5c(n4)N(CCC/C=C\C6)C(=O)CO5)ccc32)CC1. The molecule has 14 nitrogen and oxygen atoms in total. The highest BCUT2D eigenvalue weighted by Gasteiger charge is 2.29. The molecule has 2 bridgehead atoms. The van der Waals surface area contributed by atoms with E-state index in [1.807, 2.05) is 24.3 Å². The van der Waals surface area contributed by atoms with Crippen LogP contribution in [0, 0.1) is 0 Å². The monoisotopic (exact) mass is 635 g/mol. The number of piperidine rings is 1. The van der Waals surface area contributed by atoms with Gasteiger partial charge in [-0.1, -0.05) is 12.2 Å². The lowest BCUT2D eigenvalue weighted by Gasteiger charge is -2.32. The molecule has 0 saturated carbocycles. The van der Waals surface area contributed by atoms with E-state index in [0.717, 1.165) is 42.3 Å². The number of carbonyl (C=O) groups excluding carboxylic acids is 2. The molecule has 47 heavy (non-hydrogen) atoms. The van der Waals surface area contributed by atoms with Crippen LogP contribution in [-0.2, 0) is 16.1 Å². The Kier molecular flexibility index (Phi) is 7.11. The largest absolute Gasteiger partial charge is 0.480 e. The molecule has 3 aliphatic heterocycles. The molecular weight excluding hydrogens is 602 g/mol. The number of ether oxygens (including phenoxy) is 2. The molecule has 0 atom stereocenters. The second-order valence-electron chi connectivity index (χ2n) is 11.9. The van der Waals surface area contributed by atoms with Gasteiger partial charge in [0.05, 0.1) is 13.7 Å². The fourth-order valence-corrected chi connectivity index (χ4v) is 6.71. The predicted molar refractivity (Wildman–Crippen MR) is 175 cm³/mol. The first-order chi connectivity index (χ1) is 23.0. The van der Waals surface area contributed by atoms with Crippen molar-refractivity contribution < 1.29 is 19.1 Å². The molecule has 1 aromatic carbocycles. The summed E-state index contributed by atoms with van der Waals surface area (Å²) in [5, 5.41) is 4.72. The molecular formula is C33H33N9O5. The van der Waals surface area contributed by atoms with Gasteiger partial charge in [0.2, 0.25) is 5.95 Å². The Morgan fingerprint density at radius 2 is 1.91 bits per heavy atom. The maximum Gasteiger partial charge on any atom is 0.409 e. The van der Waals surface area contributed by atoms with Crippen molar-refractivity contribution in [1.82, 2.24) is 33.8 Å². The van der Waals surface area contributed by atoms with E-state index in [9.17, 15) is 14.4 Å². The fourth-order valence-electron chi connectivity index (χ4n) is 6.71. The molecule has 5 aromatic rings. The van der Waals surface area contributed by atoms with E-state index in [1.54, 1.807) is 31.3 Å². The summed E-state index contributed by atoms with van der Waals surface area (Å²) in [5.41, 5.74) is 2.06. The molecule has 7 heterocycles. The van der Waals surface area contributed by atoms with E-state index >= 15 is 0 Å². The molecule has 0 radical (unpaired) electrons. The molecule has 2 amide bonds. The Balaban J connectivity index is 1.12. The third-order valence-electron chi connectivity index (χ3n) is 9.09. The first-order valence-electron chi connectivity index (χ1n) is 15.8. The van der Waals surface area contributed by atoms with Crippen LogP contribution in [0.25, 0.3) is 27.8 Å². The Labute approximate surface area is 268 Å². The Bertz CT molecular complexity index is 2120. The maximum absolute atomic E-state index is 13.6. The van der Waals surface area contributed by atoms with Crippen molar-refractivity contribution in [3.8, 4) is 11.6 Å². The number of rotatable bonds is 3. The molecule has 1 fully saturated rings. The van der Waals surface area contributed by atoms with E-state index in [-0.39, 0.29) is 30.2 Å². The van der Waals surface area contributed by atoms with Crippen molar-refractivity contribution in [2.24, 2.45) is 0 Å². The van der Waals surface area contributed by atoms with E-state index in [4.69, 9.17) is 19.4 Å². The lowest BCUT2D eigenvalue weighted by atomic mass is 10.0. The summed E-state index contributed by atoms with van der Waals surface area (Å²) >= 11 is 0. The van der Waals surface area contributed by atoms with Crippen molar-refractivity contribution >= 4 is 51.4 Å². The third kappa shape index (κ3) is 5.05. The lowest BCUT2D eigenvalue weighted by molar-refractivity contribution is -0.121. The molecule has 14 heteroatoms. The number of nitrogens with zero attached hydrogens (tertiary/aromatic N) is 8. The number of fused-ring (bicyclic) bond motifs is 6. The number of nitrogens with one attached hydrogen (secondary N) is 1. The standard InChI is InChI=1S/C33H33N9O5/c1-46-33(45)38-15-11-23(12-16-38)39-17-10-21-18-22(6-7-25(21)39)35-32-34-19-24-29(37-32)42-27-9-8-26-30(36-27)40(28(43)20-47-26)13-4-2-3-5-14-41(42)31(24)44/h3,5-10,17-19,23H,2,4,11-16,20H2,1H3,(H,34,35,37)/b5-3-. The van der Waals surface area contributed by atoms with Gasteiger partial charge in [0.15, 0.2) is 29.6 Å². The summed E-state index contributed by atoms with van der Waals surface area (Å²) < 4.78 is 16.1. The number of methoxy groups -OCH3 is 1. The maximum atomic E-state index is 13.6. The number of pyridine rings is 1. The third-order valence-corrected chi connectivity index (χ3v) is 9.09. The first kappa shape index (κ1) is 28.8. The average molecular weight is 636 g/mol. The number of carbonyl (C=O) groups is 2. The van der Waals surface area contributed by atoms with E-state index in [0.29, 0.717) is 60.5 Å². The van der Waals surface area contributed by atoms with Crippen LogP contribution in [0.3, 0.4) is 0 Å². The van der Waals surface area contributed by atoms with Crippen molar-refractivity contribution in [3.05, 3.63) is 71.3 Å². The van der Waals surface area contributed by atoms with Crippen LogP contribution in [0.1, 0.15) is 31.7 Å². The van der Waals surface area contributed by atoms with Gasteiger partial charge in [-0.3, -0.25) is 14.5 Å². The summed E-state index contributed by atoms with van der Waals surface area (Å²) in [6.45, 7) is 2.13. The van der Waals surface area contributed by atoms with E-state index in [2.05, 4.69) is 33.2 Å². The van der Waals surface area contributed by atoms with Gasteiger partial charge in [-0.05, 0) is 62.1 Å². The topological polar surface area (TPSA) is 142 Å². The van der Waals surface area contributed by atoms with E-state index in [1.165, 1.54) is 13.3 Å². The minimum atomic E-state index is -0.279. The van der Waals surface area contributed by atoms with Gasteiger partial charge < -0.3 is 24.3 Å². The zero-order chi connectivity index (χ0) is 32.1. The highest BCUT2D eigenvalue weighted by Crippen LogP contribution is 2.33. The number of hydrogen-bond acceptors (Lipinski definition) is 9. The molecule has 1 N–H and O–H groups in total. The second-order valence-corrected chi connectivity index (χ2v) is 11.9. The quantitative estimate of drug-likeness (QED) is 0.289. The molecule has 3 aliphatic rings. The van der Waals surface area contributed by atoms with Gasteiger partial charge in [0.25, 0.3) is 11.5 Å². The first-order valence-corrected chi connectivity index (χ1v) is 15.8. The smallest absolute Gasteiger partial charge is 0.409 e. The molecule has 0 aliphatic carbocycles. The predicted octanol–water partition coefficient (Wildman–Crippen LogP) is 4.15. The molecule has 0 spiro atoms. The van der Waals surface area contributed by atoms with Crippen LogP contribution >= 0.6 is 0 Å². The number of anilines is 3. The number of benzene rings is 1. The lowest BCUT2D eigenvalue weighted by Crippen LogP contribution is -2.40. The minimum Gasteiger partial charge on any atom is -0.480 e. The normalized spacial score (nSPS) is 17.5. The van der Waals surface area contributed by atoms with Crippen molar-refractivity contribution in [1.29, 1.82) is 0 Å². The molecule has 1 saturated heterocycles. The summed E-state index contributed by atoms with van der Waals surface area (Å²) in [4.78, 5) is 55.8. The zero-order valence-electron chi connectivity index (χ0n) is 25.8.